The van der Waals surface area contributed by atoms with Gasteiger partial charge in [-0.15, -0.1) is 0 Å². The van der Waals surface area contributed by atoms with Gasteiger partial charge in [-0.05, 0) is 62.8 Å². The summed E-state index contributed by atoms with van der Waals surface area (Å²) < 4.78 is 5.74. The van der Waals surface area contributed by atoms with Crippen molar-refractivity contribution < 1.29 is 4.74 Å². The second-order valence-electron chi connectivity index (χ2n) is 6.08. The fraction of sp³-hybridized carbons (Fsp3) is 1.00. The summed E-state index contributed by atoms with van der Waals surface area (Å²) in [7, 11) is 0. The largest absolute Gasteiger partial charge is 0.377 e. The molecule has 3 fully saturated rings. The van der Waals surface area contributed by atoms with Crippen LogP contribution in [0.2, 0.25) is 0 Å². The molecule has 2 heteroatoms. The summed E-state index contributed by atoms with van der Waals surface area (Å²) in [5.41, 5.74) is 0. The molecular formula is C14H25NO. The lowest BCUT2D eigenvalue weighted by atomic mass is 9.89. The maximum Gasteiger partial charge on any atom is 0.0699 e. The van der Waals surface area contributed by atoms with Crippen LogP contribution in [0.4, 0.5) is 0 Å². The third-order valence-electron chi connectivity index (χ3n) is 4.94. The number of fused-ring (bicyclic) bond motifs is 2. The van der Waals surface area contributed by atoms with Gasteiger partial charge < -0.3 is 10.1 Å². The van der Waals surface area contributed by atoms with E-state index in [1.165, 1.54) is 51.5 Å². The Morgan fingerprint density at radius 1 is 1.00 bits per heavy atom. The van der Waals surface area contributed by atoms with Crippen molar-refractivity contribution in [2.75, 3.05) is 19.7 Å². The molecule has 16 heavy (non-hydrogen) atoms. The average molecular weight is 223 g/mol. The van der Waals surface area contributed by atoms with Gasteiger partial charge in [-0.1, -0.05) is 6.42 Å². The van der Waals surface area contributed by atoms with Crippen LogP contribution in [0.1, 0.15) is 44.9 Å². The molecule has 1 aliphatic heterocycles. The summed E-state index contributed by atoms with van der Waals surface area (Å²) in [5, 5.41) is 3.66. The van der Waals surface area contributed by atoms with Gasteiger partial charge in [0.1, 0.15) is 0 Å². The Hall–Kier alpha value is -0.0800. The van der Waals surface area contributed by atoms with E-state index >= 15 is 0 Å². The van der Waals surface area contributed by atoms with E-state index < -0.39 is 0 Å². The monoisotopic (exact) mass is 223 g/mol. The Bertz CT molecular complexity index is 225. The van der Waals surface area contributed by atoms with E-state index in [-0.39, 0.29) is 0 Å². The molecule has 0 amide bonds. The molecule has 0 aromatic carbocycles. The number of rotatable bonds is 4. The quantitative estimate of drug-likeness (QED) is 0.791. The van der Waals surface area contributed by atoms with Crippen LogP contribution in [0, 0.1) is 17.8 Å². The molecule has 1 N–H and O–H groups in total. The minimum absolute atomic E-state index is 0.507. The second-order valence-corrected chi connectivity index (χ2v) is 6.08. The molecular weight excluding hydrogens is 198 g/mol. The molecule has 2 saturated carbocycles. The van der Waals surface area contributed by atoms with Crippen molar-refractivity contribution in [3.8, 4) is 0 Å². The number of nitrogens with one attached hydrogen (secondary N) is 1. The molecule has 0 aromatic heterocycles. The van der Waals surface area contributed by atoms with Crippen molar-refractivity contribution >= 4 is 0 Å². The van der Waals surface area contributed by atoms with Crippen molar-refractivity contribution in [1.82, 2.24) is 5.32 Å². The SMILES string of the molecule is C1CCC(CNCC2CC3CCC2C3)OC1. The third kappa shape index (κ3) is 2.43. The highest BCUT2D eigenvalue weighted by Gasteiger charge is 2.38. The Kier molecular flexibility index (Phi) is 3.49. The first-order valence-electron chi connectivity index (χ1n) is 7.24. The van der Waals surface area contributed by atoms with Gasteiger partial charge in [-0.3, -0.25) is 0 Å². The van der Waals surface area contributed by atoms with Gasteiger partial charge in [0.2, 0.25) is 0 Å². The zero-order valence-electron chi connectivity index (χ0n) is 10.3. The molecule has 0 radical (unpaired) electrons. The zero-order chi connectivity index (χ0) is 10.8. The first kappa shape index (κ1) is 11.0. The molecule has 4 atom stereocenters. The highest BCUT2D eigenvalue weighted by Crippen LogP contribution is 2.47. The highest BCUT2D eigenvalue weighted by atomic mass is 16.5. The summed E-state index contributed by atoms with van der Waals surface area (Å²) in [4.78, 5) is 0. The van der Waals surface area contributed by atoms with Gasteiger partial charge in [0.15, 0.2) is 0 Å². The van der Waals surface area contributed by atoms with E-state index in [4.69, 9.17) is 4.74 Å². The van der Waals surface area contributed by atoms with Crippen LogP contribution in [0.5, 0.6) is 0 Å². The van der Waals surface area contributed by atoms with E-state index in [0.29, 0.717) is 6.10 Å². The van der Waals surface area contributed by atoms with Gasteiger partial charge in [-0.2, -0.15) is 0 Å². The minimum atomic E-state index is 0.507. The lowest BCUT2D eigenvalue weighted by molar-refractivity contribution is 0.0162. The first-order valence-corrected chi connectivity index (χ1v) is 7.24. The van der Waals surface area contributed by atoms with E-state index in [9.17, 15) is 0 Å². The lowest BCUT2D eigenvalue weighted by Gasteiger charge is -2.26. The van der Waals surface area contributed by atoms with Gasteiger partial charge >= 0.3 is 0 Å². The van der Waals surface area contributed by atoms with Gasteiger partial charge in [0.05, 0.1) is 6.10 Å². The molecule has 2 bridgehead atoms. The van der Waals surface area contributed by atoms with E-state index in [1.54, 1.807) is 0 Å². The summed E-state index contributed by atoms with van der Waals surface area (Å²) in [5.74, 6) is 3.13. The standard InChI is InChI=1S/C14H25NO/c1-2-6-16-14(3-1)10-15-9-13-8-11-4-5-12(13)7-11/h11-15H,1-10H2. The van der Waals surface area contributed by atoms with Gasteiger partial charge in [0, 0.05) is 13.2 Å². The van der Waals surface area contributed by atoms with Crippen LogP contribution in [0.15, 0.2) is 0 Å². The Morgan fingerprint density at radius 2 is 2.00 bits per heavy atom. The van der Waals surface area contributed by atoms with Gasteiger partial charge in [0.25, 0.3) is 0 Å². The Morgan fingerprint density at radius 3 is 2.69 bits per heavy atom. The van der Waals surface area contributed by atoms with Gasteiger partial charge in [-0.25, -0.2) is 0 Å². The molecule has 0 aromatic rings. The van der Waals surface area contributed by atoms with Crippen molar-refractivity contribution in [3.05, 3.63) is 0 Å². The molecule has 3 rings (SSSR count). The van der Waals surface area contributed by atoms with E-state index in [1.807, 2.05) is 0 Å². The third-order valence-corrected chi connectivity index (χ3v) is 4.94. The molecule has 4 unspecified atom stereocenters. The van der Waals surface area contributed by atoms with Crippen LogP contribution < -0.4 is 5.32 Å². The average Bonchev–Trinajstić information content (AvgIpc) is 2.92. The number of hydrogen-bond acceptors (Lipinski definition) is 2. The van der Waals surface area contributed by atoms with E-state index in [0.717, 1.165) is 30.9 Å². The van der Waals surface area contributed by atoms with Crippen LogP contribution >= 0.6 is 0 Å². The predicted octanol–water partition coefficient (Wildman–Crippen LogP) is 2.58. The predicted molar refractivity (Wildman–Crippen MR) is 65.4 cm³/mol. The van der Waals surface area contributed by atoms with E-state index in [2.05, 4.69) is 5.32 Å². The lowest BCUT2D eigenvalue weighted by Crippen LogP contribution is -2.35. The number of hydrogen-bond donors (Lipinski definition) is 1. The normalized spacial score (nSPS) is 42.8. The van der Waals surface area contributed by atoms with Crippen molar-refractivity contribution in [2.45, 2.75) is 51.0 Å². The summed E-state index contributed by atoms with van der Waals surface area (Å²) in [6.07, 6.45) is 10.5. The van der Waals surface area contributed by atoms with Crippen molar-refractivity contribution in [3.63, 3.8) is 0 Å². The Balaban J connectivity index is 1.34. The van der Waals surface area contributed by atoms with Crippen LogP contribution in [-0.4, -0.2) is 25.8 Å². The topological polar surface area (TPSA) is 21.3 Å². The summed E-state index contributed by atoms with van der Waals surface area (Å²) in [6.45, 7) is 3.33. The first-order chi connectivity index (χ1) is 7.92. The summed E-state index contributed by atoms with van der Waals surface area (Å²) >= 11 is 0. The van der Waals surface area contributed by atoms with Crippen LogP contribution in [-0.2, 0) is 4.74 Å². The highest BCUT2D eigenvalue weighted by molar-refractivity contribution is 4.90. The van der Waals surface area contributed by atoms with Crippen LogP contribution in [0.25, 0.3) is 0 Å². The molecule has 1 saturated heterocycles. The molecule has 92 valence electrons. The molecule has 1 heterocycles. The zero-order valence-corrected chi connectivity index (χ0v) is 10.3. The molecule has 0 spiro atoms. The maximum atomic E-state index is 5.74. The van der Waals surface area contributed by atoms with Crippen molar-refractivity contribution in [1.29, 1.82) is 0 Å². The fourth-order valence-electron chi connectivity index (χ4n) is 4.02. The maximum absolute atomic E-state index is 5.74. The molecule has 2 nitrogen and oxygen atoms in total. The fourth-order valence-corrected chi connectivity index (χ4v) is 4.02. The van der Waals surface area contributed by atoms with Crippen molar-refractivity contribution in [2.24, 2.45) is 17.8 Å². The summed E-state index contributed by atoms with van der Waals surface area (Å²) in [6, 6.07) is 0. The molecule has 3 aliphatic rings. The second kappa shape index (κ2) is 5.05. The smallest absolute Gasteiger partial charge is 0.0699 e. The number of ether oxygens (including phenoxy) is 1. The van der Waals surface area contributed by atoms with Crippen LogP contribution in [0.3, 0.4) is 0 Å². The minimum Gasteiger partial charge on any atom is -0.377 e. The molecule has 2 aliphatic carbocycles. The Labute approximate surface area is 99.1 Å².